The fraction of sp³-hybridized carbons (Fsp3) is 0.167. The first-order valence-corrected chi connectivity index (χ1v) is 7.14. The van der Waals surface area contributed by atoms with Crippen LogP contribution in [0.4, 0.5) is 5.82 Å². The van der Waals surface area contributed by atoms with Crippen molar-refractivity contribution in [2.24, 2.45) is 7.05 Å². The molecule has 0 aliphatic rings. The van der Waals surface area contributed by atoms with E-state index in [0.717, 1.165) is 0 Å². The van der Waals surface area contributed by atoms with Crippen molar-refractivity contribution >= 4 is 15.7 Å². The Bertz CT molecular complexity index is 705. The third-order valence-electron chi connectivity index (χ3n) is 2.83. The number of hydrogen-bond donors (Lipinski definition) is 0. The maximum Gasteiger partial charge on any atom is 0.323 e. The summed E-state index contributed by atoms with van der Waals surface area (Å²) < 4.78 is 25.6. The van der Waals surface area contributed by atoms with Crippen molar-refractivity contribution in [3.8, 4) is 0 Å². The molecule has 6 nitrogen and oxygen atoms in total. The Balaban J connectivity index is 2.34. The van der Waals surface area contributed by atoms with Gasteiger partial charge < -0.3 is 10.1 Å². The predicted molar refractivity (Wildman–Crippen MR) is 69.4 cm³/mol. The van der Waals surface area contributed by atoms with E-state index in [9.17, 15) is 18.5 Å². The number of hydrogen-bond acceptors (Lipinski definition) is 4. The van der Waals surface area contributed by atoms with Gasteiger partial charge in [0.05, 0.1) is 11.9 Å². The smallest absolute Gasteiger partial charge is 0.323 e. The lowest BCUT2D eigenvalue weighted by atomic mass is 10.4. The van der Waals surface area contributed by atoms with Gasteiger partial charge in [0.1, 0.15) is 11.4 Å². The van der Waals surface area contributed by atoms with Crippen LogP contribution in [0.1, 0.15) is 5.69 Å². The second-order valence-electron chi connectivity index (χ2n) is 4.07. The number of nitro groups is 1. The molecule has 2 rings (SSSR count). The molecule has 0 saturated heterocycles. The van der Waals surface area contributed by atoms with Crippen molar-refractivity contribution in [3.63, 3.8) is 0 Å². The molecule has 0 amide bonds. The first kappa shape index (κ1) is 13.3. The van der Waals surface area contributed by atoms with E-state index in [4.69, 9.17) is 0 Å². The molecule has 0 N–H and O–H groups in total. The summed E-state index contributed by atoms with van der Waals surface area (Å²) in [7, 11) is -2.01. The fourth-order valence-electron chi connectivity index (χ4n) is 1.78. The van der Waals surface area contributed by atoms with Crippen molar-refractivity contribution in [1.82, 2.24) is 4.57 Å². The second kappa shape index (κ2) is 4.85. The summed E-state index contributed by atoms with van der Waals surface area (Å²) in [6, 6.07) is 10.8. The fourth-order valence-corrected chi connectivity index (χ4v) is 3.19. The quantitative estimate of drug-likeness (QED) is 0.632. The van der Waals surface area contributed by atoms with Gasteiger partial charge in [-0.3, -0.25) is 0 Å². The number of aromatic nitrogens is 1. The van der Waals surface area contributed by atoms with Crippen LogP contribution < -0.4 is 0 Å². The van der Waals surface area contributed by atoms with Crippen LogP contribution in [0.2, 0.25) is 0 Å². The molecule has 0 fully saturated rings. The van der Waals surface area contributed by atoms with E-state index in [1.54, 1.807) is 18.2 Å². The second-order valence-corrected chi connectivity index (χ2v) is 6.06. The predicted octanol–water partition coefficient (Wildman–Crippen LogP) is 1.91. The molecule has 0 aliphatic heterocycles. The monoisotopic (exact) mass is 280 g/mol. The lowest BCUT2D eigenvalue weighted by Crippen LogP contribution is -2.09. The van der Waals surface area contributed by atoms with Gasteiger partial charge in [-0.2, -0.15) is 0 Å². The van der Waals surface area contributed by atoms with Crippen molar-refractivity contribution < 1.29 is 13.3 Å². The molecule has 1 heterocycles. The topological polar surface area (TPSA) is 82.2 Å². The van der Waals surface area contributed by atoms with Crippen molar-refractivity contribution in [2.75, 3.05) is 0 Å². The van der Waals surface area contributed by atoms with E-state index < -0.39 is 14.8 Å². The van der Waals surface area contributed by atoms with E-state index in [1.165, 1.54) is 35.9 Å². The van der Waals surface area contributed by atoms with Gasteiger partial charge in [-0.25, -0.2) is 13.0 Å². The Morgan fingerprint density at radius 3 is 2.32 bits per heavy atom. The zero-order valence-corrected chi connectivity index (χ0v) is 11.0. The molecule has 0 unspecified atom stereocenters. The van der Waals surface area contributed by atoms with Crippen LogP contribution in [0, 0.1) is 10.1 Å². The molecule has 1 aromatic heterocycles. The molecule has 0 saturated carbocycles. The minimum Gasteiger partial charge on any atom is -0.358 e. The van der Waals surface area contributed by atoms with Gasteiger partial charge in [-0.1, -0.05) is 18.2 Å². The first-order chi connectivity index (χ1) is 8.92. The van der Waals surface area contributed by atoms with E-state index in [0.29, 0.717) is 5.69 Å². The summed E-state index contributed by atoms with van der Waals surface area (Å²) in [5, 5.41) is 10.7. The molecule has 0 bridgehead atoms. The average molecular weight is 280 g/mol. The van der Waals surface area contributed by atoms with E-state index in [-0.39, 0.29) is 16.5 Å². The largest absolute Gasteiger partial charge is 0.358 e. The Morgan fingerprint density at radius 1 is 1.16 bits per heavy atom. The van der Waals surface area contributed by atoms with Crippen LogP contribution >= 0.6 is 0 Å². The average Bonchev–Trinajstić information content (AvgIpc) is 2.72. The van der Waals surface area contributed by atoms with Gasteiger partial charge in [-0.05, 0) is 23.1 Å². The molecule has 1 aromatic carbocycles. The number of benzene rings is 1. The van der Waals surface area contributed by atoms with Gasteiger partial charge in [0.25, 0.3) is 0 Å². The van der Waals surface area contributed by atoms with E-state index in [2.05, 4.69) is 0 Å². The normalized spacial score (nSPS) is 11.4. The summed E-state index contributed by atoms with van der Waals surface area (Å²) in [5.41, 5.74) is 0.385. The van der Waals surface area contributed by atoms with Crippen molar-refractivity contribution in [2.45, 2.75) is 10.6 Å². The number of rotatable bonds is 4. The molecule has 0 aliphatic carbocycles. The molecule has 0 atom stereocenters. The Morgan fingerprint density at radius 2 is 1.79 bits per heavy atom. The maximum atomic E-state index is 12.1. The van der Waals surface area contributed by atoms with Gasteiger partial charge in [0.2, 0.25) is 0 Å². The maximum absolute atomic E-state index is 12.1. The van der Waals surface area contributed by atoms with Gasteiger partial charge >= 0.3 is 5.82 Å². The van der Waals surface area contributed by atoms with Crippen LogP contribution in [-0.4, -0.2) is 17.9 Å². The summed E-state index contributed by atoms with van der Waals surface area (Å²) in [6.45, 7) is 0. The lowest BCUT2D eigenvalue weighted by Gasteiger charge is -2.03. The number of nitrogens with zero attached hydrogens (tertiary/aromatic N) is 2. The Hall–Kier alpha value is -2.15. The molecule has 0 spiro atoms. The summed E-state index contributed by atoms with van der Waals surface area (Å²) in [4.78, 5) is 10.4. The Kier molecular flexibility index (Phi) is 3.39. The van der Waals surface area contributed by atoms with Crippen LogP contribution in [0.15, 0.2) is 47.4 Å². The molecule has 0 radical (unpaired) electrons. The van der Waals surface area contributed by atoms with Crippen LogP contribution in [0.3, 0.4) is 0 Å². The van der Waals surface area contributed by atoms with Crippen molar-refractivity contribution in [1.29, 1.82) is 0 Å². The molecule has 19 heavy (non-hydrogen) atoms. The number of sulfone groups is 1. The van der Waals surface area contributed by atoms with E-state index in [1.807, 2.05) is 0 Å². The SMILES string of the molecule is Cn1c(CS(=O)(=O)c2ccccc2)ccc1[N+](=O)[O-]. The highest BCUT2D eigenvalue weighted by atomic mass is 32.2. The molecule has 2 aromatic rings. The van der Waals surface area contributed by atoms with Gasteiger partial charge in [0.15, 0.2) is 9.84 Å². The summed E-state index contributed by atoms with van der Waals surface area (Å²) in [5.74, 6) is -0.389. The summed E-state index contributed by atoms with van der Waals surface area (Å²) >= 11 is 0. The standard InChI is InChI=1S/C12H12N2O4S/c1-13-10(7-8-12(13)14(15)16)9-19(17,18)11-5-3-2-4-6-11/h2-8H,9H2,1H3. The highest BCUT2D eigenvalue weighted by Gasteiger charge is 2.22. The summed E-state index contributed by atoms with van der Waals surface area (Å²) in [6.07, 6.45) is 0. The Labute approximate surface area is 110 Å². The van der Waals surface area contributed by atoms with E-state index >= 15 is 0 Å². The molecular weight excluding hydrogens is 268 g/mol. The van der Waals surface area contributed by atoms with Crippen LogP contribution in [0.5, 0.6) is 0 Å². The van der Waals surface area contributed by atoms with Crippen molar-refractivity contribution in [3.05, 3.63) is 58.3 Å². The minimum atomic E-state index is -3.49. The highest BCUT2D eigenvalue weighted by Crippen LogP contribution is 2.20. The minimum absolute atomic E-state index is 0.127. The van der Waals surface area contributed by atoms with Crippen LogP contribution in [0.25, 0.3) is 0 Å². The van der Waals surface area contributed by atoms with Gasteiger partial charge in [0, 0.05) is 6.07 Å². The van der Waals surface area contributed by atoms with Gasteiger partial charge in [-0.15, -0.1) is 0 Å². The first-order valence-electron chi connectivity index (χ1n) is 5.48. The zero-order valence-electron chi connectivity index (χ0n) is 10.2. The third kappa shape index (κ3) is 2.65. The molecule has 7 heteroatoms. The highest BCUT2D eigenvalue weighted by molar-refractivity contribution is 7.90. The lowest BCUT2D eigenvalue weighted by molar-refractivity contribution is -0.391. The molecular formula is C12H12N2O4S. The molecule has 100 valence electrons. The third-order valence-corrected chi connectivity index (χ3v) is 4.49. The zero-order chi connectivity index (χ0) is 14.0. The van der Waals surface area contributed by atoms with Crippen LogP contribution in [-0.2, 0) is 22.6 Å².